The van der Waals surface area contributed by atoms with Gasteiger partial charge < -0.3 is 4.90 Å². The highest BCUT2D eigenvalue weighted by Crippen LogP contribution is 2.33. The second kappa shape index (κ2) is 7.44. The first-order chi connectivity index (χ1) is 13.4. The van der Waals surface area contributed by atoms with Crippen LogP contribution < -0.4 is 4.90 Å². The van der Waals surface area contributed by atoms with Crippen LogP contribution in [0.4, 0.5) is 5.13 Å². The molecule has 0 saturated carbocycles. The van der Waals surface area contributed by atoms with Crippen molar-refractivity contribution >= 4 is 32.1 Å². The summed E-state index contributed by atoms with van der Waals surface area (Å²) in [5.41, 5.74) is 1.57. The van der Waals surface area contributed by atoms with Gasteiger partial charge in [-0.15, -0.1) is 0 Å². The van der Waals surface area contributed by atoms with Crippen molar-refractivity contribution in [3.63, 3.8) is 0 Å². The molecule has 1 aromatic carbocycles. The van der Waals surface area contributed by atoms with Crippen LogP contribution in [-0.2, 0) is 9.84 Å². The SMILES string of the molecule is CS(=O)(=O)c1cccc(C(=O)c2cnc(N3CCC(c4cccnc4)C3)s2)c1. The predicted molar refractivity (Wildman–Crippen MR) is 109 cm³/mol. The molecule has 6 nitrogen and oxygen atoms in total. The first-order valence-electron chi connectivity index (χ1n) is 8.87. The maximum atomic E-state index is 12.8. The molecule has 0 N–H and O–H groups in total. The van der Waals surface area contributed by atoms with Gasteiger partial charge in [0.05, 0.1) is 16.0 Å². The van der Waals surface area contributed by atoms with Crippen molar-refractivity contribution in [3.8, 4) is 0 Å². The van der Waals surface area contributed by atoms with E-state index in [9.17, 15) is 13.2 Å². The van der Waals surface area contributed by atoms with Gasteiger partial charge >= 0.3 is 0 Å². The number of hydrogen-bond acceptors (Lipinski definition) is 7. The molecule has 1 fully saturated rings. The maximum absolute atomic E-state index is 12.8. The molecule has 0 spiro atoms. The molecule has 1 atom stereocenters. The topological polar surface area (TPSA) is 80.2 Å². The summed E-state index contributed by atoms with van der Waals surface area (Å²) in [6, 6.07) is 10.2. The number of carbonyl (C=O) groups excluding carboxylic acids is 1. The van der Waals surface area contributed by atoms with E-state index in [0.29, 0.717) is 16.4 Å². The fourth-order valence-electron chi connectivity index (χ4n) is 3.35. The van der Waals surface area contributed by atoms with Gasteiger partial charge in [0.15, 0.2) is 15.0 Å². The molecule has 1 saturated heterocycles. The molecule has 8 heteroatoms. The summed E-state index contributed by atoms with van der Waals surface area (Å²) >= 11 is 1.34. The molecule has 0 bridgehead atoms. The van der Waals surface area contributed by atoms with E-state index >= 15 is 0 Å². The Kier molecular flexibility index (Phi) is 4.99. The van der Waals surface area contributed by atoms with Crippen LogP contribution in [-0.4, -0.2) is 43.5 Å². The normalized spacial score (nSPS) is 17.0. The van der Waals surface area contributed by atoms with Crippen molar-refractivity contribution in [1.29, 1.82) is 0 Å². The quantitative estimate of drug-likeness (QED) is 0.598. The number of ketones is 1. The van der Waals surface area contributed by atoms with Crippen LogP contribution in [0.3, 0.4) is 0 Å². The summed E-state index contributed by atoms with van der Waals surface area (Å²) in [6.45, 7) is 1.72. The van der Waals surface area contributed by atoms with E-state index in [1.165, 1.54) is 29.0 Å². The molecule has 2 aromatic heterocycles. The summed E-state index contributed by atoms with van der Waals surface area (Å²) in [5.74, 6) is 0.195. The Morgan fingerprint density at radius 1 is 1.21 bits per heavy atom. The Morgan fingerprint density at radius 3 is 2.82 bits per heavy atom. The summed E-state index contributed by atoms with van der Waals surface area (Å²) < 4.78 is 23.5. The Balaban J connectivity index is 1.51. The van der Waals surface area contributed by atoms with Gasteiger partial charge in [-0.05, 0) is 30.2 Å². The van der Waals surface area contributed by atoms with E-state index in [4.69, 9.17) is 0 Å². The number of anilines is 1. The highest BCUT2D eigenvalue weighted by Gasteiger charge is 2.27. The van der Waals surface area contributed by atoms with E-state index in [1.807, 2.05) is 12.3 Å². The molecule has 0 radical (unpaired) electrons. The van der Waals surface area contributed by atoms with E-state index in [2.05, 4.69) is 20.9 Å². The van der Waals surface area contributed by atoms with Gasteiger partial charge in [-0.25, -0.2) is 13.4 Å². The zero-order valence-corrected chi connectivity index (χ0v) is 16.9. The molecular formula is C20H19N3O3S2. The average Bonchev–Trinajstić information content (AvgIpc) is 3.37. The number of pyridine rings is 1. The number of aromatic nitrogens is 2. The van der Waals surface area contributed by atoms with Crippen LogP contribution in [0.5, 0.6) is 0 Å². The lowest BCUT2D eigenvalue weighted by molar-refractivity contribution is 0.104. The molecule has 4 rings (SSSR count). The number of nitrogens with zero attached hydrogens (tertiary/aromatic N) is 3. The van der Waals surface area contributed by atoms with Crippen molar-refractivity contribution in [2.45, 2.75) is 17.2 Å². The van der Waals surface area contributed by atoms with Gasteiger partial charge in [-0.2, -0.15) is 0 Å². The van der Waals surface area contributed by atoms with E-state index in [-0.39, 0.29) is 10.7 Å². The minimum Gasteiger partial charge on any atom is -0.347 e. The molecule has 3 heterocycles. The Bertz CT molecular complexity index is 1110. The van der Waals surface area contributed by atoms with Gasteiger partial charge in [-0.1, -0.05) is 29.5 Å². The van der Waals surface area contributed by atoms with E-state index in [1.54, 1.807) is 24.5 Å². The van der Waals surface area contributed by atoms with Crippen LogP contribution in [0, 0.1) is 0 Å². The van der Waals surface area contributed by atoms with Crippen LogP contribution in [0.1, 0.15) is 33.1 Å². The summed E-state index contributed by atoms with van der Waals surface area (Å²) in [6.07, 6.45) is 7.40. The summed E-state index contributed by atoms with van der Waals surface area (Å²) in [5, 5.41) is 0.814. The third-order valence-electron chi connectivity index (χ3n) is 4.86. The number of hydrogen-bond donors (Lipinski definition) is 0. The number of benzene rings is 1. The Hall–Kier alpha value is -2.58. The van der Waals surface area contributed by atoms with Crippen LogP contribution >= 0.6 is 11.3 Å². The lowest BCUT2D eigenvalue weighted by atomic mass is 10.0. The minimum atomic E-state index is -3.36. The number of rotatable bonds is 5. The number of sulfone groups is 1. The highest BCUT2D eigenvalue weighted by molar-refractivity contribution is 7.90. The zero-order valence-electron chi connectivity index (χ0n) is 15.3. The third-order valence-corrected chi connectivity index (χ3v) is 7.02. The molecule has 1 unspecified atom stereocenters. The van der Waals surface area contributed by atoms with Crippen LogP contribution in [0.15, 0.2) is 59.9 Å². The second-order valence-corrected chi connectivity index (χ2v) is 9.88. The molecule has 144 valence electrons. The van der Waals surface area contributed by atoms with E-state index < -0.39 is 9.84 Å². The fourth-order valence-corrected chi connectivity index (χ4v) is 4.93. The molecule has 0 amide bonds. The fraction of sp³-hybridized carbons (Fsp3) is 0.250. The predicted octanol–water partition coefficient (Wildman–Crippen LogP) is 3.17. The van der Waals surface area contributed by atoms with Crippen molar-refractivity contribution in [3.05, 3.63) is 71.0 Å². The first kappa shape index (κ1) is 18.8. The van der Waals surface area contributed by atoms with Gasteiger partial charge in [0.2, 0.25) is 5.78 Å². The molecule has 0 aliphatic carbocycles. The average molecular weight is 414 g/mol. The molecule has 28 heavy (non-hydrogen) atoms. The largest absolute Gasteiger partial charge is 0.347 e. The number of carbonyl (C=O) groups is 1. The lowest BCUT2D eigenvalue weighted by Crippen LogP contribution is -2.18. The molecule has 1 aliphatic rings. The van der Waals surface area contributed by atoms with Gasteiger partial charge in [-0.3, -0.25) is 9.78 Å². The van der Waals surface area contributed by atoms with Crippen molar-refractivity contribution < 1.29 is 13.2 Å². The minimum absolute atomic E-state index is 0.141. The lowest BCUT2D eigenvalue weighted by Gasteiger charge is -2.14. The zero-order chi connectivity index (χ0) is 19.7. The van der Waals surface area contributed by atoms with Gasteiger partial charge in [0.1, 0.15) is 0 Å². The Labute approximate surface area is 167 Å². The summed E-state index contributed by atoms with van der Waals surface area (Å²) in [4.78, 5) is 24.2. The summed E-state index contributed by atoms with van der Waals surface area (Å²) in [7, 11) is -3.36. The Morgan fingerprint density at radius 2 is 2.07 bits per heavy atom. The first-order valence-corrected chi connectivity index (χ1v) is 11.6. The van der Waals surface area contributed by atoms with Crippen LogP contribution in [0.25, 0.3) is 0 Å². The third kappa shape index (κ3) is 3.83. The van der Waals surface area contributed by atoms with Crippen LogP contribution in [0.2, 0.25) is 0 Å². The molecular weight excluding hydrogens is 394 g/mol. The van der Waals surface area contributed by atoms with Gasteiger partial charge in [0, 0.05) is 43.2 Å². The van der Waals surface area contributed by atoms with Crippen molar-refractivity contribution in [2.75, 3.05) is 24.2 Å². The second-order valence-electron chi connectivity index (χ2n) is 6.85. The van der Waals surface area contributed by atoms with Gasteiger partial charge in [0.25, 0.3) is 0 Å². The smallest absolute Gasteiger partial charge is 0.204 e. The molecule has 3 aromatic rings. The highest BCUT2D eigenvalue weighted by atomic mass is 32.2. The number of thiazole rings is 1. The van der Waals surface area contributed by atoms with Crippen molar-refractivity contribution in [2.24, 2.45) is 0 Å². The van der Waals surface area contributed by atoms with E-state index in [0.717, 1.165) is 30.9 Å². The van der Waals surface area contributed by atoms with Crippen molar-refractivity contribution in [1.82, 2.24) is 9.97 Å². The maximum Gasteiger partial charge on any atom is 0.204 e. The monoisotopic (exact) mass is 413 g/mol. The molecule has 1 aliphatic heterocycles. The standard InChI is InChI=1S/C20H19N3O3S2/c1-28(25,26)17-6-2-4-14(10-17)19(24)18-12-22-20(27-18)23-9-7-16(13-23)15-5-3-8-21-11-15/h2-6,8,10-12,16H,7,9,13H2,1H3.